The van der Waals surface area contributed by atoms with E-state index in [0.717, 1.165) is 17.1 Å². The zero-order valence-corrected chi connectivity index (χ0v) is 29.8. The molecule has 0 aromatic heterocycles. The Labute approximate surface area is 317 Å². The number of hydrogen-bond donors (Lipinski definition) is 0. The second-order valence-electron chi connectivity index (χ2n) is 14.0. The lowest BCUT2D eigenvalue weighted by Gasteiger charge is -2.35. The highest BCUT2D eigenvalue weighted by atomic mass is 15.1. The minimum Gasteiger partial charge on any atom is -0.310 e. The molecule has 0 atom stereocenters. The maximum atomic E-state index is 2.43. The topological polar surface area (TPSA) is 3.24 Å². The lowest BCUT2D eigenvalue weighted by Crippen LogP contribution is -2.28. The summed E-state index contributed by atoms with van der Waals surface area (Å²) in [5, 5.41) is 2.42. The molecule has 0 radical (unpaired) electrons. The maximum Gasteiger partial charge on any atom is 0.0714 e. The van der Waals surface area contributed by atoms with Gasteiger partial charge in [-0.15, -0.1) is 0 Å². The third-order valence-corrected chi connectivity index (χ3v) is 11.2. The molecule has 0 fully saturated rings. The van der Waals surface area contributed by atoms with Crippen molar-refractivity contribution in [1.29, 1.82) is 0 Å². The van der Waals surface area contributed by atoms with Crippen LogP contribution >= 0.6 is 0 Å². The van der Waals surface area contributed by atoms with Gasteiger partial charge in [-0.3, -0.25) is 0 Å². The van der Waals surface area contributed by atoms with Crippen molar-refractivity contribution >= 4 is 27.8 Å². The Morgan fingerprint density at radius 2 is 0.815 bits per heavy atom. The molecule has 0 bridgehead atoms. The van der Waals surface area contributed by atoms with Crippen molar-refractivity contribution in [3.63, 3.8) is 0 Å². The molecule has 0 aliphatic heterocycles. The standard InChI is InChI=1S/C53H37N/c1-3-17-38(18-4-1)45-25-9-10-26-46(45)40-33-35-43(36-34-40)54(52-32-15-20-39-19-7-8-27-47(39)52)44-24-16-23-42(37-44)53(41-21-5-2-6-22-41)50-30-13-11-28-48(50)49-29-12-14-31-51(49)53/h1-37H. The van der Waals surface area contributed by atoms with E-state index in [1.54, 1.807) is 0 Å². The highest BCUT2D eigenvalue weighted by Gasteiger charge is 2.46. The van der Waals surface area contributed by atoms with Crippen LogP contribution in [-0.4, -0.2) is 0 Å². The second kappa shape index (κ2) is 13.2. The molecule has 1 heteroatoms. The van der Waals surface area contributed by atoms with Gasteiger partial charge < -0.3 is 4.90 Å². The van der Waals surface area contributed by atoms with Crippen LogP contribution in [-0.2, 0) is 5.41 Å². The molecule has 0 heterocycles. The molecule has 1 nitrogen and oxygen atoms in total. The van der Waals surface area contributed by atoms with Crippen LogP contribution in [0.25, 0.3) is 44.2 Å². The number of fused-ring (bicyclic) bond motifs is 4. The number of nitrogens with zero attached hydrogens (tertiary/aromatic N) is 1. The summed E-state index contributed by atoms with van der Waals surface area (Å²) in [6, 6.07) is 82.0. The largest absolute Gasteiger partial charge is 0.310 e. The SMILES string of the molecule is c1ccc(-c2ccccc2-c2ccc(N(c3cccc(C4(c5ccccc5)c5ccccc5-c5ccccc54)c3)c3cccc4ccccc34)cc2)cc1. The van der Waals surface area contributed by atoms with Gasteiger partial charge in [0.25, 0.3) is 0 Å². The molecule has 0 spiro atoms. The zero-order valence-electron chi connectivity index (χ0n) is 29.8. The van der Waals surface area contributed by atoms with Crippen LogP contribution in [0.1, 0.15) is 22.3 Å². The molecule has 1 aliphatic carbocycles. The van der Waals surface area contributed by atoms with Gasteiger partial charge in [0, 0.05) is 16.8 Å². The summed E-state index contributed by atoms with van der Waals surface area (Å²) >= 11 is 0. The summed E-state index contributed by atoms with van der Waals surface area (Å²) < 4.78 is 0. The minimum atomic E-state index is -0.486. The Morgan fingerprint density at radius 3 is 1.50 bits per heavy atom. The summed E-state index contributed by atoms with van der Waals surface area (Å²) in [6.07, 6.45) is 0. The average Bonchev–Trinajstić information content (AvgIpc) is 3.56. The van der Waals surface area contributed by atoms with Crippen molar-refractivity contribution in [2.75, 3.05) is 4.90 Å². The third-order valence-electron chi connectivity index (χ3n) is 11.2. The Morgan fingerprint density at radius 1 is 0.315 bits per heavy atom. The highest BCUT2D eigenvalue weighted by Crippen LogP contribution is 2.56. The summed E-state index contributed by atoms with van der Waals surface area (Å²) in [7, 11) is 0. The monoisotopic (exact) mass is 687 g/mol. The van der Waals surface area contributed by atoms with E-state index in [1.807, 2.05) is 0 Å². The molecule has 0 unspecified atom stereocenters. The Kier molecular flexibility index (Phi) is 7.78. The number of anilines is 3. The fraction of sp³-hybridized carbons (Fsp3) is 0.0189. The Bertz CT molecular complexity index is 2710. The van der Waals surface area contributed by atoms with Crippen LogP contribution in [0.15, 0.2) is 224 Å². The van der Waals surface area contributed by atoms with E-state index < -0.39 is 5.41 Å². The van der Waals surface area contributed by atoms with Crippen molar-refractivity contribution in [2.24, 2.45) is 0 Å². The van der Waals surface area contributed by atoms with Crippen LogP contribution in [0.4, 0.5) is 17.1 Å². The third kappa shape index (κ3) is 5.09. The first-order valence-corrected chi connectivity index (χ1v) is 18.7. The van der Waals surface area contributed by atoms with Crippen molar-refractivity contribution < 1.29 is 0 Å². The minimum absolute atomic E-state index is 0.486. The van der Waals surface area contributed by atoms with E-state index in [0.29, 0.717) is 0 Å². The van der Waals surface area contributed by atoms with E-state index in [4.69, 9.17) is 0 Å². The molecule has 9 aromatic carbocycles. The number of benzene rings is 9. The van der Waals surface area contributed by atoms with Gasteiger partial charge in [-0.2, -0.15) is 0 Å². The lowest BCUT2D eigenvalue weighted by molar-refractivity contribution is 0.768. The predicted octanol–water partition coefficient (Wildman–Crippen LogP) is 14.0. The first-order valence-electron chi connectivity index (χ1n) is 18.7. The zero-order chi connectivity index (χ0) is 35.9. The summed E-state index contributed by atoms with van der Waals surface area (Å²) in [6.45, 7) is 0. The molecular weight excluding hydrogens is 651 g/mol. The van der Waals surface area contributed by atoms with Crippen molar-refractivity contribution in [1.82, 2.24) is 0 Å². The molecule has 0 saturated carbocycles. The molecule has 9 aromatic rings. The highest BCUT2D eigenvalue weighted by molar-refractivity contribution is 5.99. The van der Waals surface area contributed by atoms with Crippen LogP contribution in [0.2, 0.25) is 0 Å². The van der Waals surface area contributed by atoms with Crippen molar-refractivity contribution in [3.8, 4) is 33.4 Å². The molecule has 54 heavy (non-hydrogen) atoms. The summed E-state index contributed by atoms with van der Waals surface area (Å²) in [4.78, 5) is 2.43. The van der Waals surface area contributed by atoms with Gasteiger partial charge >= 0.3 is 0 Å². The van der Waals surface area contributed by atoms with Gasteiger partial charge in [-0.25, -0.2) is 0 Å². The Hall–Kier alpha value is -6.96. The smallest absolute Gasteiger partial charge is 0.0714 e. The molecule has 0 saturated heterocycles. The first kappa shape index (κ1) is 31.7. The second-order valence-corrected chi connectivity index (χ2v) is 14.0. The molecule has 254 valence electrons. The fourth-order valence-electron chi connectivity index (χ4n) is 8.82. The van der Waals surface area contributed by atoms with Crippen molar-refractivity contribution in [3.05, 3.63) is 247 Å². The van der Waals surface area contributed by atoms with E-state index in [9.17, 15) is 0 Å². The predicted molar refractivity (Wildman–Crippen MR) is 227 cm³/mol. The Balaban J connectivity index is 1.18. The van der Waals surface area contributed by atoms with Crippen LogP contribution < -0.4 is 4.90 Å². The molecular formula is C53H37N. The van der Waals surface area contributed by atoms with Crippen molar-refractivity contribution in [2.45, 2.75) is 5.41 Å². The first-order chi connectivity index (χ1) is 26.8. The summed E-state index contributed by atoms with van der Waals surface area (Å²) in [5.41, 5.74) is 15.4. The van der Waals surface area contributed by atoms with Gasteiger partial charge in [0.2, 0.25) is 0 Å². The maximum absolute atomic E-state index is 2.43. The van der Waals surface area contributed by atoms with Gasteiger partial charge in [0.05, 0.1) is 11.1 Å². The quantitative estimate of drug-likeness (QED) is 0.161. The normalized spacial score (nSPS) is 12.6. The van der Waals surface area contributed by atoms with Gasteiger partial charge in [-0.05, 0) is 91.4 Å². The molecule has 0 N–H and O–H groups in total. The molecule has 1 aliphatic rings. The van der Waals surface area contributed by atoms with Gasteiger partial charge in [-0.1, -0.05) is 194 Å². The van der Waals surface area contributed by atoms with Crippen LogP contribution in [0, 0.1) is 0 Å². The number of hydrogen-bond acceptors (Lipinski definition) is 1. The van der Waals surface area contributed by atoms with E-state index in [1.165, 1.54) is 66.4 Å². The van der Waals surface area contributed by atoms with Gasteiger partial charge in [0.15, 0.2) is 0 Å². The summed E-state index contributed by atoms with van der Waals surface area (Å²) in [5.74, 6) is 0. The van der Waals surface area contributed by atoms with Crippen LogP contribution in [0.3, 0.4) is 0 Å². The average molecular weight is 688 g/mol. The molecule has 0 amide bonds. The fourth-order valence-corrected chi connectivity index (χ4v) is 8.82. The molecule has 10 rings (SSSR count). The van der Waals surface area contributed by atoms with E-state index >= 15 is 0 Å². The van der Waals surface area contributed by atoms with Crippen LogP contribution in [0.5, 0.6) is 0 Å². The van der Waals surface area contributed by atoms with E-state index in [2.05, 4.69) is 229 Å². The van der Waals surface area contributed by atoms with E-state index in [-0.39, 0.29) is 0 Å². The van der Waals surface area contributed by atoms with Gasteiger partial charge in [0.1, 0.15) is 0 Å². The number of rotatable bonds is 7. The lowest BCUT2D eigenvalue weighted by atomic mass is 9.67.